The number of carbonyl (C=O) groups is 1. The third-order valence-corrected chi connectivity index (χ3v) is 2.27. The number of carboxylic acid groups (broad SMARTS) is 1. The molecule has 1 aromatic rings. The van der Waals surface area contributed by atoms with Crippen molar-refractivity contribution in [3.05, 3.63) is 34.4 Å². The second-order valence-corrected chi connectivity index (χ2v) is 3.11. The molecule has 0 atom stereocenters. The normalized spacial score (nSPS) is 10.5. The van der Waals surface area contributed by atoms with Gasteiger partial charge in [-0.25, -0.2) is 22.4 Å². The Morgan fingerprint density at radius 3 is 1.93 bits per heavy atom. The first-order valence-corrected chi connectivity index (χ1v) is 4.68. The van der Waals surface area contributed by atoms with E-state index >= 15 is 0 Å². The Kier molecular flexibility index (Phi) is 3.33. The quantitative estimate of drug-likeness (QED) is 0.393. The third kappa shape index (κ3) is 1.83. The molecule has 15 heavy (non-hydrogen) atoms. The number of hydrogen-bond donors (Lipinski definition) is 1. The Bertz CT molecular complexity index is 433. The van der Waals surface area contributed by atoms with E-state index in [2.05, 4.69) is 15.9 Å². The van der Waals surface area contributed by atoms with Gasteiger partial charge in [0.15, 0.2) is 23.3 Å². The van der Waals surface area contributed by atoms with Crippen LogP contribution in [0.25, 0.3) is 0 Å². The summed E-state index contributed by atoms with van der Waals surface area (Å²) in [6.45, 7) is 0. The molecule has 0 unspecified atom stereocenters. The Hall–Kier alpha value is -1.11. The molecule has 0 saturated carbocycles. The SMILES string of the molecule is O=C(O)c1c(F)c(F)c(F)c(F)c1CBr. The lowest BCUT2D eigenvalue weighted by atomic mass is 10.1. The molecule has 0 aliphatic carbocycles. The van der Waals surface area contributed by atoms with E-state index in [0.717, 1.165) is 0 Å². The third-order valence-electron chi connectivity index (χ3n) is 1.71. The number of hydrogen-bond acceptors (Lipinski definition) is 1. The highest BCUT2D eigenvalue weighted by molar-refractivity contribution is 9.08. The number of rotatable bonds is 2. The fourth-order valence-corrected chi connectivity index (χ4v) is 1.55. The summed E-state index contributed by atoms with van der Waals surface area (Å²) in [5, 5.41) is 8.06. The van der Waals surface area contributed by atoms with E-state index in [1.54, 1.807) is 0 Å². The number of aromatic carboxylic acids is 1. The molecule has 2 nitrogen and oxygen atoms in total. The van der Waals surface area contributed by atoms with Crippen LogP contribution in [0.4, 0.5) is 17.6 Å². The first-order chi connectivity index (χ1) is 6.91. The molecule has 0 aliphatic heterocycles. The van der Waals surface area contributed by atoms with Crippen LogP contribution in [0.5, 0.6) is 0 Å². The van der Waals surface area contributed by atoms with E-state index in [1.165, 1.54) is 0 Å². The summed E-state index contributed by atoms with van der Waals surface area (Å²) in [7, 11) is 0. The topological polar surface area (TPSA) is 37.3 Å². The fraction of sp³-hybridized carbons (Fsp3) is 0.125. The highest BCUT2D eigenvalue weighted by Gasteiger charge is 2.28. The van der Waals surface area contributed by atoms with Gasteiger partial charge in [0.05, 0.1) is 0 Å². The summed E-state index contributed by atoms with van der Waals surface area (Å²) in [5.41, 5.74) is -1.97. The van der Waals surface area contributed by atoms with Crippen LogP contribution in [-0.4, -0.2) is 11.1 Å². The highest BCUT2D eigenvalue weighted by atomic mass is 79.9. The van der Waals surface area contributed by atoms with E-state index in [-0.39, 0.29) is 0 Å². The molecule has 0 heterocycles. The molecule has 0 radical (unpaired) electrons. The Labute approximate surface area is 89.6 Å². The standard InChI is InChI=1S/C8H3BrF4O2/c9-1-2-3(8(14)15)5(11)7(13)6(12)4(2)10/h1H2,(H,14,15). The van der Waals surface area contributed by atoms with Crippen molar-refractivity contribution in [3.8, 4) is 0 Å². The molecule has 0 aliphatic rings. The van der Waals surface area contributed by atoms with E-state index in [9.17, 15) is 22.4 Å². The van der Waals surface area contributed by atoms with Gasteiger partial charge in [-0.2, -0.15) is 0 Å². The number of alkyl halides is 1. The number of halogens is 5. The Morgan fingerprint density at radius 1 is 1.07 bits per heavy atom. The van der Waals surface area contributed by atoms with Crippen LogP contribution < -0.4 is 0 Å². The molecule has 0 bridgehead atoms. The van der Waals surface area contributed by atoms with Gasteiger partial charge in [-0.3, -0.25) is 0 Å². The summed E-state index contributed by atoms with van der Waals surface area (Å²) < 4.78 is 51.3. The lowest BCUT2D eigenvalue weighted by Crippen LogP contribution is -2.12. The zero-order valence-corrected chi connectivity index (χ0v) is 8.54. The largest absolute Gasteiger partial charge is 0.478 e. The number of benzene rings is 1. The van der Waals surface area contributed by atoms with Crippen molar-refractivity contribution in [2.75, 3.05) is 0 Å². The molecule has 1 rings (SSSR count). The van der Waals surface area contributed by atoms with Crippen molar-refractivity contribution < 1.29 is 27.5 Å². The summed E-state index contributed by atoms with van der Waals surface area (Å²) in [6, 6.07) is 0. The van der Waals surface area contributed by atoms with Gasteiger partial charge in [-0.05, 0) is 0 Å². The van der Waals surface area contributed by atoms with E-state index in [4.69, 9.17) is 5.11 Å². The predicted octanol–water partition coefficient (Wildman–Crippen LogP) is 2.84. The Morgan fingerprint density at radius 2 is 1.53 bits per heavy atom. The summed E-state index contributed by atoms with van der Waals surface area (Å²) >= 11 is 2.66. The van der Waals surface area contributed by atoms with Crippen LogP contribution in [0.15, 0.2) is 0 Å². The lowest BCUT2D eigenvalue weighted by Gasteiger charge is -2.07. The molecule has 0 amide bonds. The van der Waals surface area contributed by atoms with E-state index in [0.29, 0.717) is 0 Å². The van der Waals surface area contributed by atoms with Crippen molar-refractivity contribution in [1.29, 1.82) is 0 Å². The molecule has 7 heteroatoms. The summed E-state index contributed by atoms with van der Waals surface area (Å²) in [6.07, 6.45) is 0. The first-order valence-electron chi connectivity index (χ1n) is 3.55. The maximum absolute atomic E-state index is 13.0. The van der Waals surface area contributed by atoms with Gasteiger partial charge in [0, 0.05) is 10.9 Å². The number of carboxylic acids is 1. The highest BCUT2D eigenvalue weighted by Crippen LogP contribution is 2.25. The molecule has 1 N–H and O–H groups in total. The molecular weight excluding hydrogens is 284 g/mol. The van der Waals surface area contributed by atoms with Crippen molar-refractivity contribution in [1.82, 2.24) is 0 Å². The second kappa shape index (κ2) is 4.18. The zero-order valence-electron chi connectivity index (χ0n) is 6.95. The van der Waals surface area contributed by atoms with E-state index < -0.39 is 45.7 Å². The average molecular weight is 287 g/mol. The summed E-state index contributed by atoms with van der Waals surface area (Å²) in [5.74, 6) is -9.62. The van der Waals surface area contributed by atoms with Gasteiger partial charge in [0.25, 0.3) is 0 Å². The minimum atomic E-state index is -2.13. The fourth-order valence-electron chi connectivity index (χ4n) is 1.03. The maximum atomic E-state index is 13.0. The van der Waals surface area contributed by atoms with Crippen LogP contribution >= 0.6 is 15.9 Å². The molecule has 0 aromatic heterocycles. The lowest BCUT2D eigenvalue weighted by molar-refractivity contribution is 0.0688. The van der Waals surface area contributed by atoms with Crippen LogP contribution in [0.1, 0.15) is 15.9 Å². The van der Waals surface area contributed by atoms with Gasteiger partial charge >= 0.3 is 5.97 Å². The van der Waals surface area contributed by atoms with Gasteiger partial charge in [0.1, 0.15) is 5.56 Å². The zero-order chi connectivity index (χ0) is 11.7. The van der Waals surface area contributed by atoms with Gasteiger partial charge in [-0.15, -0.1) is 0 Å². The smallest absolute Gasteiger partial charge is 0.339 e. The van der Waals surface area contributed by atoms with Gasteiger partial charge in [-0.1, -0.05) is 15.9 Å². The van der Waals surface area contributed by atoms with Crippen LogP contribution in [0.2, 0.25) is 0 Å². The maximum Gasteiger partial charge on any atom is 0.339 e. The van der Waals surface area contributed by atoms with Crippen LogP contribution in [0.3, 0.4) is 0 Å². The molecular formula is C8H3BrF4O2. The first kappa shape index (κ1) is 12.0. The van der Waals surface area contributed by atoms with Crippen molar-refractivity contribution in [2.24, 2.45) is 0 Å². The Balaban J connectivity index is 3.70. The predicted molar refractivity (Wildman–Crippen MR) is 45.9 cm³/mol. The molecule has 0 fully saturated rings. The summed E-state index contributed by atoms with van der Waals surface area (Å²) in [4.78, 5) is 10.5. The van der Waals surface area contributed by atoms with Gasteiger partial charge in [0.2, 0.25) is 0 Å². The molecule has 0 saturated heterocycles. The monoisotopic (exact) mass is 286 g/mol. The van der Waals surface area contributed by atoms with Crippen molar-refractivity contribution in [2.45, 2.75) is 5.33 Å². The average Bonchev–Trinajstić information content (AvgIpc) is 2.19. The van der Waals surface area contributed by atoms with Crippen LogP contribution in [0, 0.1) is 23.3 Å². The minimum absolute atomic E-state index is 0.436. The molecule has 0 spiro atoms. The van der Waals surface area contributed by atoms with Gasteiger partial charge < -0.3 is 5.11 Å². The van der Waals surface area contributed by atoms with E-state index in [1.807, 2.05) is 0 Å². The second-order valence-electron chi connectivity index (χ2n) is 2.55. The van der Waals surface area contributed by atoms with Crippen LogP contribution in [-0.2, 0) is 5.33 Å². The minimum Gasteiger partial charge on any atom is -0.478 e. The molecule has 82 valence electrons. The van der Waals surface area contributed by atoms with Crippen molar-refractivity contribution in [3.63, 3.8) is 0 Å². The van der Waals surface area contributed by atoms with Crippen molar-refractivity contribution >= 4 is 21.9 Å². The molecule has 1 aromatic carbocycles.